The fourth-order valence-electron chi connectivity index (χ4n) is 1.68. The average molecular weight is 444 g/mol. The average Bonchev–Trinajstić information content (AvgIpc) is 2.57. The van der Waals surface area contributed by atoms with Crippen LogP contribution in [0.4, 0.5) is 0 Å². The molecule has 8 heteroatoms. The maximum Gasteiger partial charge on any atom is 0.271 e. The Morgan fingerprint density at radius 3 is 2.48 bits per heavy atom. The standard InChI is InChI=1S/C15H12Br2N2O4/c1-23-10-4-2-8(3-5-10)15(22)19-18-7-9-6-11(16)14(21)12(17)13(9)20/h2-7,20-21H,1H3,(H,19,22). The van der Waals surface area contributed by atoms with E-state index in [0.29, 0.717) is 21.3 Å². The molecule has 120 valence electrons. The van der Waals surface area contributed by atoms with Gasteiger partial charge in [-0.25, -0.2) is 5.43 Å². The Morgan fingerprint density at radius 1 is 1.22 bits per heavy atom. The van der Waals surface area contributed by atoms with Crippen LogP contribution in [-0.4, -0.2) is 29.4 Å². The summed E-state index contributed by atoms with van der Waals surface area (Å²) in [5, 5.41) is 23.3. The lowest BCUT2D eigenvalue weighted by molar-refractivity contribution is 0.0955. The third-order valence-corrected chi connectivity index (χ3v) is 4.28. The molecule has 2 rings (SSSR count). The molecule has 2 aromatic rings. The highest BCUT2D eigenvalue weighted by Gasteiger charge is 2.13. The molecule has 0 heterocycles. The molecular formula is C15H12Br2N2O4. The van der Waals surface area contributed by atoms with Crippen molar-refractivity contribution >= 4 is 44.0 Å². The van der Waals surface area contributed by atoms with E-state index in [1.807, 2.05) is 0 Å². The molecule has 0 aliphatic heterocycles. The van der Waals surface area contributed by atoms with Gasteiger partial charge in [0.2, 0.25) is 0 Å². The van der Waals surface area contributed by atoms with Crippen LogP contribution in [-0.2, 0) is 0 Å². The Bertz CT molecular complexity index is 761. The van der Waals surface area contributed by atoms with Crippen molar-refractivity contribution in [2.45, 2.75) is 0 Å². The van der Waals surface area contributed by atoms with Crippen molar-refractivity contribution in [2.24, 2.45) is 5.10 Å². The number of amides is 1. The van der Waals surface area contributed by atoms with Crippen LogP contribution in [0, 0.1) is 0 Å². The monoisotopic (exact) mass is 442 g/mol. The van der Waals surface area contributed by atoms with Crippen molar-refractivity contribution < 1.29 is 19.7 Å². The van der Waals surface area contributed by atoms with Gasteiger partial charge in [0.25, 0.3) is 5.91 Å². The van der Waals surface area contributed by atoms with E-state index in [9.17, 15) is 15.0 Å². The maximum absolute atomic E-state index is 11.9. The van der Waals surface area contributed by atoms with Crippen molar-refractivity contribution in [2.75, 3.05) is 7.11 Å². The Kier molecular flexibility index (Phi) is 5.62. The normalized spacial score (nSPS) is 10.7. The number of hydrogen-bond donors (Lipinski definition) is 3. The maximum atomic E-state index is 11.9. The minimum Gasteiger partial charge on any atom is -0.506 e. The Balaban J connectivity index is 2.11. The van der Waals surface area contributed by atoms with E-state index >= 15 is 0 Å². The number of benzene rings is 2. The van der Waals surface area contributed by atoms with Gasteiger partial charge in [0.15, 0.2) is 0 Å². The molecule has 0 aromatic heterocycles. The van der Waals surface area contributed by atoms with Crippen LogP contribution in [0.15, 0.2) is 44.4 Å². The predicted octanol–water partition coefficient (Wildman–Crippen LogP) is 3.40. The number of rotatable bonds is 4. The number of hydrazone groups is 1. The molecule has 0 spiro atoms. The summed E-state index contributed by atoms with van der Waals surface area (Å²) in [4.78, 5) is 11.9. The van der Waals surface area contributed by atoms with Crippen LogP contribution in [0.25, 0.3) is 0 Å². The lowest BCUT2D eigenvalue weighted by Crippen LogP contribution is -2.17. The van der Waals surface area contributed by atoms with Gasteiger partial charge < -0.3 is 14.9 Å². The second-order valence-corrected chi connectivity index (χ2v) is 6.03. The van der Waals surface area contributed by atoms with Gasteiger partial charge in [0.1, 0.15) is 21.7 Å². The molecule has 0 atom stereocenters. The van der Waals surface area contributed by atoms with E-state index in [1.54, 1.807) is 31.4 Å². The summed E-state index contributed by atoms with van der Waals surface area (Å²) in [6, 6.07) is 8.01. The highest BCUT2D eigenvalue weighted by atomic mass is 79.9. The number of phenols is 2. The van der Waals surface area contributed by atoms with E-state index in [4.69, 9.17) is 4.74 Å². The Morgan fingerprint density at radius 2 is 1.87 bits per heavy atom. The second kappa shape index (κ2) is 7.47. The summed E-state index contributed by atoms with van der Waals surface area (Å²) in [6.45, 7) is 0. The summed E-state index contributed by atoms with van der Waals surface area (Å²) in [6.07, 6.45) is 1.27. The van der Waals surface area contributed by atoms with Crippen molar-refractivity contribution in [3.05, 3.63) is 50.4 Å². The first-order chi connectivity index (χ1) is 10.9. The van der Waals surface area contributed by atoms with Gasteiger partial charge in [-0.1, -0.05) is 0 Å². The Labute approximate surface area is 149 Å². The third kappa shape index (κ3) is 4.02. The molecule has 0 aliphatic rings. The zero-order chi connectivity index (χ0) is 17.0. The van der Waals surface area contributed by atoms with E-state index in [-0.39, 0.29) is 16.0 Å². The molecule has 0 radical (unpaired) electrons. The van der Waals surface area contributed by atoms with Crippen LogP contribution in [0.5, 0.6) is 17.2 Å². The molecule has 0 unspecified atom stereocenters. The molecule has 0 bridgehead atoms. The molecule has 0 fully saturated rings. The first-order valence-corrected chi connectivity index (χ1v) is 7.90. The number of aromatic hydroxyl groups is 2. The second-order valence-electron chi connectivity index (χ2n) is 4.39. The van der Waals surface area contributed by atoms with Gasteiger partial charge in [-0.15, -0.1) is 0 Å². The molecule has 23 heavy (non-hydrogen) atoms. The van der Waals surface area contributed by atoms with Crippen molar-refractivity contribution in [3.63, 3.8) is 0 Å². The summed E-state index contributed by atoms with van der Waals surface area (Å²) in [5.74, 6) is -0.0656. The zero-order valence-corrected chi connectivity index (χ0v) is 15.1. The largest absolute Gasteiger partial charge is 0.506 e. The van der Waals surface area contributed by atoms with Gasteiger partial charge in [0, 0.05) is 11.1 Å². The number of hydrogen-bond acceptors (Lipinski definition) is 5. The summed E-state index contributed by atoms with van der Waals surface area (Å²) >= 11 is 6.21. The highest BCUT2D eigenvalue weighted by Crippen LogP contribution is 2.40. The quantitative estimate of drug-likeness (QED) is 0.498. The van der Waals surface area contributed by atoms with E-state index in [2.05, 4.69) is 42.4 Å². The van der Waals surface area contributed by atoms with Crippen LogP contribution in [0.3, 0.4) is 0 Å². The number of carbonyl (C=O) groups is 1. The summed E-state index contributed by atoms with van der Waals surface area (Å²) < 4.78 is 5.53. The minimum atomic E-state index is -0.402. The molecule has 2 aromatic carbocycles. The van der Waals surface area contributed by atoms with Crippen LogP contribution in [0.2, 0.25) is 0 Å². The zero-order valence-electron chi connectivity index (χ0n) is 11.9. The minimum absolute atomic E-state index is 0.123. The number of methoxy groups -OCH3 is 1. The SMILES string of the molecule is COc1ccc(C(=O)NN=Cc2cc(Br)c(O)c(Br)c2O)cc1. The van der Waals surface area contributed by atoms with E-state index in [1.165, 1.54) is 12.3 Å². The van der Waals surface area contributed by atoms with Crippen LogP contribution in [0.1, 0.15) is 15.9 Å². The molecular weight excluding hydrogens is 432 g/mol. The summed E-state index contributed by atoms with van der Waals surface area (Å²) in [7, 11) is 1.54. The number of nitrogens with one attached hydrogen (secondary N) is 1. The van der Waals surface area contributed by atoms with Crippen LogP contribution >= 0.6 is 31.9 Å². The smallest absolute Gasteiger partial charge is 0.271 e. The lowest BCUT2D eigenvalue weighted by atomic mass is 10.2. The van der Waals surface area contributed by atoms with Crippen molar-refractivity contribution in [3.8, 4) is 17.2 Å². The summed E-state index contributed by atoms with van der Waals surface area (Å²) in [5.41, 5.74) is 3.08. The molecule has 6 nitrogen and oxygen atoms in total. The number of phenolic OH excluding ortho intramolecular Hbond substituents is 2. The van der Waals surface area contributed by atoms with Crippen molar-refractivity contribution in [1.82, 2.24) is 5.43 Å². The van der Waals surface area contributed by atoms with Crippen molar-refractivity contribution in [1.29, 1.82) is 0 Å². The van der Waals surface area contributed by atoms with Gasteiger partial charge in [0.05, 0.1) is 17.8 Å². The van der Waals surface area contributed by atoms with Gasteiger partial charge in [-0.2, -0.15) is 5.10 Å². The van der Waals surface area contributed by atoms with Gasteiger partial charge in [-0.3, -0.25) is 4.79 Å². The number of carbonyl (C=O) groups excluding carboxylic acids is 1. The fourth-order valence-corrected chi connectivity index (χ4v) is 2.84. The topological polar surface area (TPSA) is 91.2 Å². The van der Waals surface area contributed by atoms with Crippen LogP contribution < -0.4 is 10.2 Å². The third-order valence-electron chi connectivity index (χ3n) is 2.92. The Hall–Kier alpha value is -2.06. The fraction of sp³-hybridized carbons (Fsp3) is 0.0667. The van der Waals surface area contributed by atoms with E-state index < -0.39 is 5.91 Å². The first-order valence-electron chi connectivity index (χ1n) is 6.31. The first kappa shape index (κ1) is 17.3. The van der Waals surface area contributed by atoms with Gasteiger partial charge in [-0.05, 0) is 62.2 Å². The molecule has 0 aliphatic carbocycles. The number of halogens is 2. The molecule has 3 N–H and O–H groups in total. The molecule has 0 saturated heterocycles. The number of nitrogens with zero attached hydrogens (tertiary/aromatic N) is 1. The molecule has 1 amide bonds. The highest BCUT2D eigenvalue weighted by molar-refractivity contribution is 9.11. The molecule has 0 saturated carbocycles. The predicted molar refractivity (Wildman–Crippen MR) is 93.2 cm³/mol. The van der Waals surface area contributed by atoms with E-state index in [0.717, 1.165) is 0 Å². The van der Waals surface area contributed by atoms with Gasteiger partial charge >= 0.3 is 0 Å². The number of ether oxygens (including phenoxy) is 1. The lowest BCUT2D eigenvalue weighted by Gasteiger charge is -2.06.